The number of ether oxygens (including phenoxy) is 1. The van der Waals surface area contributed by atoms with Crippen molar-refractivity contribution >= 4 is 29.7 Å². The van der Waals surface area contributed by atoms with E-state index in [0.29, 0.717) is 45.4 Å². The molecule has 0 radical (unpaired) electrons. The first kappa shape index (κ1) is 23.9. The summed E-state index contributed by atoms with van der Waals surface area (Å²) in [5.41, 5.74) is -1.53. The molecule has 1 aliphatic heterocycles. The van der Waals surface area contributed by atoms with E-state index in [0.717, 1.165) is 12.1 Å². The lowest BCUT2D eigenvalue weighted by molar-refractivity contribution is -0.384. The number of alkyl halides is 3. The van der Waals surface area contributed by atoms with E-state index in [1.807, 2.05) is 0 Å². The highest BCUT2D eigenvalue weighted by Crippen LogP contribution is 2.36. The molecule has 28 heavy (non-hydrogen) atoms. The van der Waals surface area contributed by atoms with E-state index >= 15 is 0 Å². The maximum atomic E-state index is 12.8. The normalized spacial score (nSPS) is 14.6. The molecule has 1 amide bonds. The van der Waals surface area contributed by atoms with Gasteiger partial charge in [0.15, 0.2) is 0 Å². The van der Waals surface area contributed by atoms with Gasteiger partial charge in [0.05, 0.1) is 23.6 Å². The topological polar surface area (TPSA) is 88.0 Å². The maximum Gasteiger partial charge on any atom is 0.416 e. The summed E-state index contributed by atoms with van der Waals surface area (Å²) in [4.78, 5) is 25.7. The van der Waals surface area contributed by atoms with Crippen LogP contribution < -0.4 is 10.2 Å². The van der Waals surface area contributed by atoms with Crippen molar-refractivity contribution in [3.8, 4) is 0 Å². The third-order valence-corrected chi connectivity index (χ3v) is 4.23. The van der Waals surface area contributed by atoms with Crippen molar-refractivity contribution < 1.29 is 27.6 Å². The lowest BCUT2D eigenvalue weighted by Crippen LogP contribution is -2.51. The lowest BCUT2D eigenvalue weighted by atomic mass is 10.1. The minimum atomic E-state index is -4.65. The predicted molar refractivity (Wildman–Crippen MR) is 98.9 cm³/mol. The Morgan fingerprint density at radius 2 is 1.93 bits per heavy atom. The average molecular weight is 427 g/mol. The highest BCUT2D eigenvalue weighted by atomic mass is 35.5. The monoisotopic (exact) mass is 426 g/mol. The van der Waals surface area contributed by atoms with Crippen LogP contribution in [0.15, 0.2) is 18.2 Å². The van der Waals surface area contributed by atoms with Gasteiger partial charge in [0.25, 0.3) is 5.69 Å². The number of hydrogen-bond acceptors (Lipinski definition) is 6. The number of methoxy groups -OCH3 is 1. The molecule has 2 rings (SSSR count). The number of halogens is 4. The van der Waals surface area contributed by atoms with Crippen LogP contribution in [-0.2, 0) is 15.7 Å². The number of nitro benzene ring substituents is 1. The molecule has 1 saturated heterocycles. The maximum absolute atomic E-state index is 12.8. The van der Waals surface area contributed by atoms with Gasteiger partial charge in [0, 0.05) is 45.9 Å². The molecule has 8 nitrogen and oxygen atoms in total. The van der Waals surface area contributed by atoms with Gasteiger partial charge in [-0.05, 0) is 12.1 Å². The molecule has 0 spiro atoms. The molecule has 1 fully saturated rings. The van der Waals surface area contributed by atoms with Gasteiger partial charge >= 0.3 is 6.18 Å². The number of anilines is 1. The summed E-state index contributed by atoms with van der Waals surface area (Å²) in [6, 6.07) is 2.50. The predicted octanol–water partition coefficient (Wildman–Crippen LogP) is 1.92. The molecule has 0 bridgehead atoms. The van der Waals surface area contributed by atoms with Gasteiger partial charge in [-0.15, -0.1) is 12.4 Å². The van der Waals surface area contributed by atoms with E-state index in [2.05, 4.69) is 5.32 Å². The summed E-state index contributed by atoms with van der Waals surface area (Å²) in [7, 11) is 1.56. The summed E-state index contributed by atoms with van der Waals surface area (Å²) >= 11 is 0. The second-order valence-corrected chi connectivity index (χ2v) is 6.00. The molecule has 1 N–H and O–H groups in total. The summed E-state index contributed by atoms with van der Waals surface area (Å²) in [5, 5.41) is 14.2. The van der Waals surface area contributed by atoms with Crippen molar-refractivity contribution in [3.05, 3.63) is 33.9 Å². The first-order valence-corrected chi connectivity index (χ1v) is 8.32. The van der Waals surface area contributed by atoms with Crippen molar-refractivity contribution in [1.82, 2.24) is 10.2 Å². The number of benzene rings is 1. The molecule has 1 aliphatic rings. The second-order valence-electron chi connectivity index (χ2n) is 6.00. The van der Waals surface area contributed by atoms with Gasteiger partial charge in [0.2, 0.25) is 5.91 Å². The van der Waals surface area contributed by atoms with Gasteiger partial charge < -0.3 is 19.9 Å². The number of nitro groups is 1. The van der Waals surface area contributed by atoms with E-state index in [1.165, 1.54) is 0 Å². The Hall–Kier alpha value is -2.11. The number of amides is 1. The quantitative estimate of drug-likeness (QED) is 0.407. The number of nitrogens with zero attached hydrogens (tertiary/aromatic N) is 3. The largest absolute Gasteiger partial charge is 0.416 e. The smallest absolute Gasteiger partial charge is 0.383 e. The van der Waals surface area contributed by atoms with Gasteiger partial charge in [-0.2, -0.15) is 13.2 Å². The zero-order valence-corrected chi connectivity index (χ0v) is 16.0. The average Bonchev–Trinajstić information content (AvgIpc) is 2.64. The molecule has 12 heteroatoms. The minimum absolute atomic E-state index is 0. The molecule has 0 atom stereocenters. The van der Waals surface area contributed by atoms with Gasteiger partial charge in [0.1, 0.15) is 5.69 Å². The number of carbonyl (C=O) groups is 1. The summed E-state index contributed by atoms with van der Waals surface area (Å²) in [6.07, 6.45) is -4.65. The van der Waals surface area contributed by atoms with Crippen LogP contribution in [0.3, 0.4) is 0 Å². The first-order chi connectivity index (χ1) is 12.7. The van der Waals surface area contributed by atoms with Crippen LogP contribution in [0.4, 0.5) is 24.5 Å². The van der Waals surface area contributed by atoms with Crippen LogP contribution in [0.25, 0.3) is 0 Å². The van der Waals surface area contributed by atoms with Crippen LogP contribution in [0.2, 0.25) is 0 Å². The highest BCUT2D eigenvalue weighted by molar-refractivity contribution is 5.85. The van der Waals surface area contributed by atoms with Gasteiger partial charge in [-0.3, -0.25) is 14.9 Å². The van der Waals surface area contributed by atoms with E-state index in [1.54, 1.807) is 16.9 Å². The molecular weight excluding hydrogens is 405 g/mol. The number of hydrogen-bond donors (Lipinski definition) is 1. The summed E-state index contributed by atoms with van der Waals surface area (Å²) in [5.74, 6) is -0.104. The molecule has 158 valence electrons. The second kappa shape index (κ2) is 10.4. The van der Waals surface area contributed by atoms with E-state index < -0.39 is 22.4 Å². The SMILES string of the molecule is COCCNCC(=O)N1CCN(c2ccc(C(F)(F)F)cc2[N+](=O)[O-])CC1.Cl. The Balaban J connectivity index is 0.00000392. The van der Waals surface area contributed by atoms with Crippen LogP contribution in [0.5, 0.6) is 0 Å². The summed E-state index contributed by atoms with van der Waals surface area (Å²) < 4.78 is 43.3. The number of piperazine rings is 1. The van der Waals surface area contributed by atoms with Gasteiger partial charge in [-0.25, -0.2) is 0 Å². The first-order valence-electron chi connectivity index (χ1n) is 8.32. The lowest BCUT2D eigenvalue weighted by Gasteiger charge is -2.36. The fourth-order valence-electron chi connectivity index (χ4n) is 2.79. The summed E-state index contributed by atoms with van der Waals surface area (Å²) in [6.45, 7) is 2.46. The Morgan fingerprint density at radius 3 is 2.46 bits per heavy atom. The molecule has 0 saturated carbocycles. The van der Waals surface area contributed by atoms with Crippen LogP contribution in [0.1, 0.15) is 5.56 Å². The Bertz CT molecular complexity index is 682. The fraction of sp³-hybridized carbons (Fsp3) is 0.562. The van der Waals surface area contributed by atoms with Crippen molar-refractivity contribution in [2.45, 2.75) is 6.18 Å². The molecular formula is C16H22ClF3N4O4. The Morgan fingerprint density at radius 1 is 1.29 bits per heavy atom. The van der Waals surface area contributed by atoms with Crippen molar-refractivity contribution in [2.75, 3.05) is 57.9 Å². The Labute approximate surface area is 166 Å². The molecule has 0 aromatic heterocycles. The number of nitrogens with one attached hydrogen (secondary N) is 1. The zero-order chi connectivity index (χ0) is 20.0. The van der Waals surface area contributed by atoms with Gasteiger partial charge in [-0.1, -0.05) is 0 Å². The van der Waals surface area contributed by atoms with Crippen LogP contribution in [-0.4, -0.2) is 68.7 Å². The molecule has 1 aromatic carbocycles. The fourth-order valence-corrected chi connectivity index (χ4v) is 2.79. The number of rotatable bonds is 7. The molecule has 1 heterocycles. The molecule has 0 unspecified atom stereocenters. The van der Waals surface area contributed by atoms with E-state index in [-0.39, 0.29) is 30.5 Å². The zero-order valence-electron chi connectivity index (χ0n) is 15.2. The third kappa shape index (κ3) is 6.21. The van der Waals surface area contributed by atoms with Crippen molar-refractivity contribution in [3.63, 3.8) is 0 Å². The van der Waals surface area contributed by atoms with Crippen LogP contribution in [0, 0.1) is 10.1 Å². The Kier molecular flexibility index (Phi) is 8.92. The van der Waals surface area contributed by atoms with Crippen molar-refractivity contribution in [2.24, 2.45) is 0 Å². The third-order valence-electron chi connectivity index (χ3n) is 4.23. The molecule has 0 aliphatic carbocycles. The minimum Gasteiger partial charge on any atom is -0.383 e. The van der Waals surface area contributed by atoms with Crippen molar-refractivity contribution in [1.29, 1.82) is 0 Å². The van der Waals surface area contributed by atoms with E-state index in [9.17, 15) is 28.1 Å². The number of carbonyl (C=O) groups excluding carboxylic acids is 1. The molecule has 1 aromatic rings. The standard InChI is InChI=1S/C16H21F3N4O4.ClH/c1-27-9-4-20-11-15(24)22-7-5-21(6-8-22)13-3-2-12(16(17,18)19)10-14(13)23(25)26;/h2-3,10,20H,4-9,11H2,1H3;1H. The van der Waals surface area contributed by atoms with E-state index in [4.69, 9.17) is 4.74 Å². The van der Waals surface area contributed by atoms with Crippen LogP contribution >= 0.6 is 12.4 Å². The highest BCUT2D eigenvalue weighted by Gasteiger charge is 2.34.